The smallest absolute Gasteiger partial charge is 0.401 e. The van der Waals surface area contributed by atoms with Gasteiger partial charge in [0.2, 0.25) is 0 Å². The number of alkyl halides is 3. The number of likely N-dealkylation sites (tertiary alicyclic amines) is 1. The maximum Gasteiger partial charge on any atom is 0.401 e. The molecule has 2 N–H and O–H groups in total. The van der Waals surface area contributed by atoms with Crippen LogP contribution in [0.25, 0.3) is 0 Å². The second-order valence-corrected chi connectivity index (χ2v) is 8.29. The van der Waals surface area contributed by atoms with Gasteiger partial charge in [-0.05, 0) is 31.2 Å². The first-order chi connectivity index (χ1) is 12.0. The number of hydrogen-bond acceptors (Lipinski definition) is 3. The average Bonchev–Trinajstić information content (AvgIpc) is 3.01. The van der Waals surface area contributed by atoms with E-state index in [2.05, 4.69) is 24.5 Å². The summed E-state index contributed by atoms with van der Waals surface area (Å²) in [7, 11) is 0. The first-order valence-electron chi connectivity index (χ1n) is 8.96. The summed E-state index contributed by atoms with van der Waals surface area (Å²) < 4.78 is 43.2. The Hall–Kier alpha value is -1.70. The Kier molecular flexibility index (Phi) is 4.98. The van der Waals surface area contributed by atoms with Crippen molar-refractivity contribution in [1.82, 2.24) is 15.5 Å². The van der Waals surface area contributed by atoms with Crippen molar-refractivity contribution in [2.45, 2.75) is 58.3 Å². The van der Waals surface area contributed by atoms with Crippen LogP contribution in [0.4, 0.5) is 18.0 Å². The number of halogens is 3. The molecule has 8 heteroatoms. The number of hydrogen-bond donors (Lipinski definition) is 2. The third-order valence-corrected chi connectivity index (χ3v) is 5.05. The molecule has 0 bridgehead atoms. The van der Waals surface area contributed by atoms with E-state index in [1.165, 1.54) is 4.90 Å². The van der Waals surface area contributed by atoms with E-state index in [9.17, 15) is 18.0 Å². The molecule has 1 aliphatic heterocycles. The van der Waals surface area contributed by atoms with Gasteiger partial charge >= 0.3 is 12.2 Å². The summed E-state index contributed by atoms with van der Waals surface area (Å²) in [4.78, 5) is 13.7. The topological polar surface area (TPSA) is 57.5 Å². The van der Waals surface area contributed by atoms with E-state index in [1.807, 2.05) is 13.0 Å². The van der Waals surface area contributed by atoms with Gasteiger partial charge in [0.1, 0.15) is 11.5 Å². The minimum absolute atomic E-state index is 0.00606. The molecule has 2 aliphatic rings. The van der Waals surface area contributed by atoms with Crippen LogP contribution in [-0.4, -0.2) is 42.8 Å². The predicted molar refractivity (Wildman–Crippen MR) is 90.9 cm³/mol. The molecular weight excluding hydrogens is 347 g/mol. The van der Waals surface area contributed by atoms with Gasteiger partial charge in [0.05, 0.1) is 12.6 Å². The van der Waals surface area contributed by atoms with Gasteiger partial charge in [-0.25, -0.2) is 4.79 Å². The van der Waals surface area contributed by atoms with Gasteiger partial charge in [0.25, 0.3) is 0 Å². The van der Waals surface area contributed by atoms with Gasteiger partial charge in [0, 0.05) is 31.1 Å². The largest absolute Gasteiger partial charge is 0.466 e. The fraction of sp³-hybridized carbons (Fsp3) is 0.722. The SMILES string of the molecule is Cc1cc2c(o1)CC(C)(C)CC2NC(=O)NC1CCN(CC(F)(F)F)C1. The third kappa shape index (κ3) is 4.72. The Morgan fingerprint density at radius 2 is 2.12 bits per heavy atom. The molecule has 146 valence electrons. The van der Waals surface area contributed by atoms with Crippen LogP contribution in [0.15, 0.2) is 10.5 Å². The summed E-state index contributed by atoms with van der Waals surface area (Å²) >= 11 is 0. The van der Waals surface area contributed by atoms with Crippen LogP contribution >= 0.6 is 0 Å². The number of amides is 2. The highest BCUT2D eigenvalue weighted by molar-refractivity contribution is 5.75. The molecule has 1 saturated heterocycles. The molecule has 0 aromatic carbocycles. The normalized spacial score (nSPS) is 25.8. The number of urea groups is 1. The van der Waals surface area contributed by atoms with Crippen molar-refractivity contribution < 1.29 is 22.4 Å². The second kappa shape index (κ2) is 6.79. The molecular formula is C18H26F3N3O2. The molecule has 3 rings (SSSR count). The van der Waals surface area contributed by atoms with E-state index in [-0.39, 0.29) is 30.1 Å². The number of nitrogens with zero attached hydrogens (tertiary/aromatic N) is 1. The van der Waals surface area contributed by atoms with Gasteiger partial charge < -0.3 is 15.1 Å². The van der Waals surface area contributed by atoms with E-state index in [0.717, 1.165) is 29.9 Å². The van der Waals surface area contributed by atoms with Crippen LogP contribution in [0.5, 0.6) is 0 Å². The number of carbonyl (C=O) groups excluding carboxylic acids is 1. The van der Waals surface area contributed by atoms with Crippen molar-refractivity contribution in [3.63, 3.8) is 0 Å². The van der Waals surface area contributed by atoms with E-state index in [1.54, 1.807) is 0 Å². The summed E-state index contributed by atoms with van der Waals surface area (Å²) in [6, 6.07) is 1.20. The summed E-state index contributed by atoms with van der Waals surface area (Å²) in [5, 5.41) is 5.80. The molecule has 2 unspecified atom stereocenters. The number of nitrogens with one attached hydrogen (secondary N) is 2. The van der Waals surface area contributed by atoms with Crippen molar-refractivity contribution in [2.75, 3.05) is 19.6 Å². The monoisotopic (exact) mass is 373 g/mol. The number of rotatable bonds is 3. The molecule has 5 nitrogen and oxygen atoms in total. The summed E-state index contributed by atoms with van der Waals surface area (Å²) in [6.07, 6.45) is -2.07. The van der Waals surface area contributed by atoms with Crippen LogP contribution in [-0.2, 0) is 6.42 Å². The van der Waals surface area contributed by atoms with Crippen molar-refractivity contribution in [3.8, 4) is 0 Å². The summed E-state index contributed by atoms with van der Waals surface area (Å²) in [5.74, 6) is 1.72. The van der Waals surface area contributed by atoms with Gasteiger partial charge in [-0.15, -0.1) is 0 Å². The van der Waals surface area contributed by atoms with Crippen molar-refractivity contribution in [2.24, 2.45) is 5.41 Å². The third-order valence-electron chi connectivity index (χ3n) is 5.05. The standard InChI is InChI=1S/C18H26F3N3O2/c1-11-6-13-14(7-17(2,3)8-15(13)26-11)23-16(25)22-12-4-5-24(9-12)10-18(19,20)21/h6,12,14H,4-5,7-10H2,1-3H3,(H2,22,23,25). The van der Waals surface area contributed by atoms with Gasteiger partial charge in [-0.1, -0.05) is 13.8 Å². The van der Waals surface area contributed by atoms with Crippen LogP contribution < -0.4 is 10.6 Å². The fourth-order valence-corrected chi connectivity index (χ4v) is 4.05. The number of aryl methyl sites for hydroxylation is 1. The van der Waals surface area contributed by atoms with Crippen molar-refractivity contribution >= 4 is 6.03 Å². The number of fused-ring (bicyclic) bond motifs is 1. The zero-order chi connectivity index (χ0) is 19.1. The predicted octanol–water partition coefficient (Wildman–Crippen LogP) is 3.54. The van der Waals surface area contributed by atoms with Crippen molar-refractivity contribution in [1.29, 1.82) is 0 Å². The lowest BCUT2D eigenvalue weighted by molar-refractivity contribution is -0.143. The minimum Gasteiger partial charge on any atom is -0.466 e. The highest BCUT2D eigenvalue weighted by Gasteiger charge is 2.37. The molecule has 26 heavy (non-hydrogen) atoms. The zero-order valence-corrected chi connectivity index (χ0v) is 15.4. The van der Waals surface area contributed by atoms with Gasteiger partial charge in [-0.3, -0.25) is 4.90 Å². The highest BCUT2D eigenvalue weighted by Crippen LogP contribution is 2.41. The lowest BCUT2D eigenvalue weighted by Crippen LogP contribution is -2.46. The van der Waals surface area contributed by atoms with Crippen LogP contribution in [0.3, 0.4) is 0 Å². The van der Waals surface area contributed by atoms with Crippen LogP contribution in [0.1, 0.15) is 49.8 Å². The molecule has 0 saturated carbocycles. The molecule has 1 fully saturated rings. The number of furan rings is 1. The molecule has 2 amide bonds. The maximum absolute atomic E-state index is 12.5. The zero-order valence-electron chi connectivity index (χ0n) is 15.4. The van der Waals surface area contributed by atoms with Crippen LogP contribution in [0.2, 0.25) is 0 Å². The summed E-state index contributed by atoms with van der Waals surface area (Å²) in [6.45, 7) is 5.78. The Balaban J connectivity index is 1.57. The fourth-order valence-electron chi connectivity index (χ4n) is 4.05. The van der Waals surface area contributed by atoms with Crippen LogP contribution in [0, 0.1) is 12.3 Å². The van der Waals surface area contributed by atoms with E-state index < -0.39 is 12.7 Å². The molecule has 1 aromatic rings. The summed E-state index contributed by atoms with van der Waals surface area (Å²) in [5.41, 5.74) is 1.01. The van der Waals surface area contributed by atoms with Gasteiger partial charge in [0.15, 0.2) is 0 Å². The molecule has 0 spiro atoms. The maximum atomic E-state index is 12.5. The van der Waals surface area contributed by atoms with E-state index in [0.29, 0.717) is 13.0 Å². The highest BCUT2D eigenvalue weighted by atomic mass is 19.4. The first kappa shape index (κ1) is 19.1. The Labute approximate surface area is 151 Å². The van der Waals surface area contributed by atoms with Gasteiger partial charge in [-0.2, -0.15) is 13.2 Å². The second-order valence-electron chi connectivity index (χ2n) is 8.29. The van der Waals surface area contributed by atoms with E-state index in [4.69, 9.17) is 4.42 Å². The molecule has 2 atom stereocenters. The molecule has 0 radical (unpaired) electrons. The molecule has 1 aliphatic carbocycles. The Morgan fingerprint density at radius 3 is 2.81 bits per heavy atom. The minimum atomic E-state index is -4.21. The average molecular weight is 373 g/mol. The Bertz CT molecular complexity index is 669. The van der Waals surface area contributed by atoms with E-state index >= 15 is 0 Å². The lowest BCUT2D eigenvalue weighted by Gasteiger charge is -2.34. The lowest BCUT2D eigenvalue weighted by atomic mass is 9.75. The van der Waals surface area contributed by atoms with Crippen molar-refractivity contribution in [3.05, 3.63) is 23.2 Å². The Morgan fingerprint density at radius 1 is 1.38 bits per heavy atom. The number of carbonyl (C=O) groups is 1. The quantitative estimate of drug-likeness (QED) is 0.852. The molecule has 1 aromatic heterocycles. The first-order valence-corrected chi connectivity index (χ1v) is 8.96. The molecule has 2 heterocycles.